The quantitative estimate of drug-likeness (QED) is 0.170. The molecule has 308 valence electrons. The van der Waals surface area contributed by atoms with E-state index in [1.165, 1.54) is 58.1 Å². The molecule has 0 atom stereocenters. The van der Waals surface area contributed by atoms with Crippen molar-refractivity contribution in [2.45, 2.75) is 6.42 Å². The fourth-order valence-corrected chi connectivity index (χ4v) is 11.4. The highest BCUT2D eigenvalue weighted by atomic mass is 32.1. The van der Waals surface area contributed by atoms with Gasteiger partial charge in [-0.05, 0) is 99.4 Å². The van der Waals surface area contributed by atoms with E-state index >= 15 is 0 Å². The number of fused-ring (bicyclic) bond motifs is 12. The molecule has 66 heavy (non-hydrogen) atoms. The van der Waals surface area contributed by atoms with Crippen LogP contribution in [0.25, 0.3) is 108 Å². The van der Waals surface area contributed by atoms with Crippen LogP contribution in [0.3, 0.4) is 0 Å². The molecule has 0 spiro atoms. The van der Waals surface area contributed by atoms with Gasteiger partial charge in [-0.15, -0.1) is 11.3 Å². The molecule has 14 rings (SSSR count). The Morgan fingerprint density at radius 2 is 1.15 bits per heavy atom. The van der Waals surface area contributed by atoms with E-state index in [9.17, 15) is 0 Å². The second kappa shape index (κ2) is 14.6. The summed E-state index contributed by atoms with van der Waals surface area (Å²) in [6.45, 7) is 0. The highest BCUT2D eigenvalue weighted by Crippen LogP contribution is 2.42. The molecule has 0 radical (unpaired) electrons. The van der Waals surface area contributed by atoms with Gasteiger partial charge in [0, 0.05) is 64.8 Å². The van der Waals surface area contributed by atoms with Crippen LogP contribution in [-0.2, 0) is 0 Å². The number of hydrogen-bond acceptors (Lipinski definition) is 4. The van der Waals surface area contributed by atoms with Crippen LogP contribution in [-0.4, -0.2) is 16.1 Å². The number of hydrogen-bond donors (Lipinski definition) is 0. The molecule has 10 aromatic carbocycles. The lowest BCUT2D eigenvalue weighted by molar-refractivity contribution is 0.668. The normalized spacial score (nSPS) is 13.4. The van der Waals surface area contributed by atoms with Crippen LogP contribution in [0.1, 0.15) is 23.1 Å². The monoisotopic (exact) mass is 859 g/mol. The smallest absolute Gasteiger partial charge is 0.160 e. The highest BCUT2D eigenvalue weighted by Gasteiger charge is 2.24. The molecule has 0 fully saturated rings. The van der Waals surface area contributed by atoms with E-state index in [1.807, 2.05) is 17.4 Å². The summed E-state index contributed by atoms with van der Waals surface area (Å²) in [7, 11) is 0. The molecule has 4 heterocycles. The summed E-state index contributed by atoms with van der Waals surface area (Å²) in [5.41, 5.74) is 12.1. The van der Waals surface area contributed by atoms with E-state index < -0.39 is 0 Å². The Hall–Kier alpha value is -8.38. The summed E-state index contributed by atoms with van der Waals surface area (Å²) in [6.07, 6.45) is 2.80. The Labute approximate surface area is 383 Å². The predicted molar refractivity (Wildman–Crippen MR) is 280 cm³/mol. The number of para-hydroxylation sites is 1. The minimum Gasteiger partial charge on any atom is -0.456 e. The van der Waals surface area contributed by atoms with Crippen LogP contribution < -0.4 is 0 Å². The average Bonchev–Trinajstić information content (AvgIpc) is 3.98. The van der Waals surface area contributed by atoms with Gasteiger partial charge in [-0.3, -0.25) is 0 Å². The van der Waals surface area contributed by atoms with Gasteiger partial charge in [0.15, 0.2) is 5.84 Å². The number of allylic oxidation sites excluding steroid dienone is 1. The number of rotatable bonds is 5. The van der Waals surface area contributed by atoms with Crippen molar-refractivity contribution in [3.05, 3.63) is 229 Å². The summed E-state index contributed by atoms with van der Waals surface area (Å²) in [4.78, 5) is 11.2. The molecule has 3 aromatic heterocycles. The van der Waals surface area contributed by atoms with Gasteiger partial charge in [0.1, 0.15) is 11.2 Å². The first-order chi connectivity index (χ1) is 32.7. The zero-order chi connectivity index (χ0) is 43.3. The number of aliphatic imine (C=N–C) groups is 2. The lowest BCUT2D eigenvalue weighted by Gasteiger charge is -2.16. The first-order valence-corrected chi connectivity index (χ1v) is 23.2. The van der Waals surface area contributed by atoms with Crippen molar-refractivity contribution in [1.82, 2.24) is 4.57 Å². The molecule has 0 saturated heterocycles. The third-order valence-corrected chi connectivity index (χ3v) is 14.6. The van der Waals surface area contributed by atoms with Crippen LogP contribution in [0, 0.1) is 0 Å². The van der Waals surface area contributed by atoms with E-state index in [0.29, 0.717) is 12.3 Å². The van der Waals surface area contributed by atoms with Crippen molar-refractivity contribution < 1.29 is 4.42 Å². The SMILES string of the molecule is C1=C(c2cccc(-c3ccccc3)c2)N=C(c2ccc3sc4ccccc4c3c2)N=C(c2cc3oc4ccccc4c3cc2-n2c3cc4ccccc4cc3c3c4ccccc4ccc32)C1. The predicted octanol–water partition coefficient (Wildman–Crippen LogP) is 16.7. The van der Waals surface area contributed by atoms with Crippen LogP contribution in [0.15, 0.2) is 227 Å². The first kappa shape index (κ1) is 37.0. The van der Waals surface area contributed by atoms with Gasteiger partial charge in [-0.2, -0.15) is 0 Å². The second-order valence-corrected chi connectivity index (χ2v) is 18.3. The Kier molecular flexibility index (Phi) is 8.18. The van der Waals surface area contributed by atoms with Crippen molar-refractivity contribution in [1.29, 1.82) is 0 Å². The van der Waals surface area contributed by atoms with Crippen LogP contribution in [0.4, 0.5) is 0 Å². The Bertz CT molecular complexity index is 4260. The molecular formula is C61H37N3OS. The van der Waals surface area contributed by atoms with Crippen LogP contribution >= 0.6 is 11.3 Å². The van der Waals surface area contributed by atoms with Gasteiger partial charge < -0.3 is 8.98 Å². The zero-order valence-corrected chi connectivity index (χ0v) is 36.4. The van der Waals surface area contributed by atoms with Gasteiger partial charge in [-0.25, -0.2) is 9.98 Å². The number of benzene rings is 10. The number of thiophene rings is 1. The minimum atomic E-state index is 0.545. The van der Waals surface area contributed by atoms with Crippen LogP contribution in [0.5, 0.6) is 0 Å². The topological polar surface area (TPSA) is 42.8 Å². The van der Waals surface area contributed by atoms with Crippen molar-refractivity contribution >= 4 is 114 Å². The van der Waals surface area contributed by atoms with Gasteiger partial charge in [0.05, 0.1) is 28.1 Å². The Morgan fingerprint density at radius 3 is 2.05 bits per heavy atom. The maximum Gasteiger partial charge on any atom is 0.160 e. The molecule has 4 nitrogen and oxygen atoms in total. The summed E-state index contributed by atoms with van der Waals surface area (Å²) in [5.74, 6) is 0.672. The largest absolute Gasteiger partial charge is 0.456 e. The zero-order valence-electron chi connectivity index (χ0n) is 35.6. The van der Waals surface area contributed by atoms with E-state index in [0.717, 1.165) is 72.3 Å². The van der Waals surface area contributed by atoms with E-state index in [-0.39, 0.29) is 0 Å². The van der Waals surface area contributed by atoms with Crippen molar-refractivity contribution in [3.8, 4) is 16.8 Å². The fourth-order valence-electron chi connectivity index (χ4n) is 10.3. The summed E-state index contributed by atoms with van der Waals surface area (Å²) in [5, 5.41) is 11.9. The van der Waals surface area contributed by atoms with E-state index in [1.54, 1.807) is 0 Å². The molecule has 0 N–H and O–H groups in total. The molecule has 0 bridgehead atoms. The van der Waals surface area contributed by atoms with Crippen molar-refractivity contribution in [3.63, 3.8) is 0 Å². The summed E-state index contributed by atoms with van der Waals surface area (Å²) >= 11 is 1.82. The third kappa shape index (κ3) is 5.84. The Balaban J connectivity index is 1.06. The molecule has 1 aliphatic heterocycles. The highest BCUT2D eigenvalue weighted by molar-refractivity contribution is 7.25. The number of aromatic nitrogens is 1. The maximum atomic E-state index is 6.71. The summed E-state index contributed by atoms with van der Waals surface area (Å²) in [6, 6.07) is 74.3. The Morgan fingerprint density at radius 1 is 0.424 bits per heavy atom. The number of amidine groups is 1. The summed E-state index contributed by atoms with van der Waals surface area (Å²) < 4.78 is 11.7. The lowest BCUT2D eigenvalue weighted by atomic mass is 9.99. The fraction of sp³-hybridized carbons (Fsp3) is 0.0164. The number of nitrogens with zero attached hydrogens (tertiary/aromatic N) is 3. The van der Waals surface area contributed by atoms with E-state index in [4.69, 9.17) is 14.4 Å². The molecule has 0 saturated carbocycles. The third-order valence-electron chi connectivity index (χ3n) is 13.4. The molecule has 5 heteroatoms. The maximum absolute atomic E-state index is 6.71. The van der Waals surface area contributed by atoms with Crippen molar-refractivity contribution in [2.24, 2.45) is 9.98 Å². The van der Waals surface area contributed by atoms with Gasteiger partial charge in [0.2, 0.25) is 0 Å². The van der Waals surface area contributed by atoms with Crippen molar-refractivity contribution in [2.75, 3.05) is 0 Å². The average molecular weight is 860 g/mol. The molecule has 1 aliphatic rings. The van der Waals surface area contributed by atoms with Gasteiger partial charge in [-0.1, -0.05) is 146 Å². The molecule has 0 amide bonds. The molecule has 0 aliphatic carbocycles. The van der Waals surface area contributed by atoms with Gasteiger partial charge >= 0.3 is 0 Å². The van der Waals surface area contributed by atoms with Gasteiger partial charge in [0.25, 0.3) is 0 Å². The number of furan rings is 1. The minimum absolute atomic E-state index is 0.545. The van der Waals surface area contributed by atoms with E-state index in [2.05, 4.69) is 211 Å². The molecule has 13 aromatic rings. The first-order valence-electron chi connectivity index (χ1n) is 22.4. The lowest BCUT2D eigenvalue weighted by Crippen LogP contribution is -2.09. The molecule has 0 unspecified atom stereocenters. The van der Waals surface area contributed by atoms with Crippen LogP contribution in [0.2, 0.25) is 0 Å². The second-order valence-electron chi connectivity index (χ2n) is 17.2. The standard InChI is InChI=1S/C61H37N3OS/c1-2-13-37(14-3-1)39-18-12-19-42(31-39)51-27-28-52(63-61(62-51)43-26-30-59-48(33-43)46-22-9-11-24-58(46)66-59)49-36-57-47(45-21-8-10-23-56(45)65-57)35-55(49)64-53-29-25-38-15-6-7-20-44(38)60(53)50-32-40-16-4-5-17-41(40)34-54(50)64/h1-27,29-36H,28H2. The molecular weight excluding hydrogens is 823 g/mol.